The van der Waals surface area contributed by atoms with E-state index < -0.39 is 16.1 Å². The van der Waals surface area contributed by atoms with Crippen molar-refractivity contribution in [1.29, 1.82) is 0 Å². The maximum atomic E-state index is 4.45. The van der Waals surface area contributed by atoms with E-state index in [1.54, 1.807) is 0 Å². The van der Waals surface area contributed by atoms with Crippen molar-refractivity contribution < 1.29 is 0 Å². The molecule has 0 fully saturated rings. The molecule has 2 unspecified atom stereocenters. The molecule has 1 nitrogen and oxygen atoms in total. The van der Waals surface area contributed by atoms with Gasteiger partial charge in [0.25, 0.3) is 0 Å². The molecule has 0 aromatic rings. The minimum atomic E-state index is -1.51. The quantitative estimate of drug-likeness (QED) is 0.316. The summed E-state index contributed by atoms with van der Waals surface area (Å²) in [6.45, 7) is 35.2. The molecule has 0 saturated carbocycles. The molecule has 0 heterocycles. The zero-order valence-corrected chi connectivity index (χ0v) is 23.5. The van der Waals surface area contributed by atoms with Crippen molar-refractivity contribution in [3.63, 3.8) is 0 Å². The van der Waals surface area contributed by atoms with Crippen LogP contribution in [-0.4, -0.2) is 27.5 Å². The van der Waals surface area contributed by atoms with E-state index in [4.69, 9.17) is 0 Å². The van der Waals surface area contributed by atoms with Crippen LogP contribution in [-0.2, 0) is 0 Å². The van der Waals surface area contributed by atoms with Crippen LogP contribution in [0.1, 0.15) is 110 Å². The fraction of sp³-hybridized carbons (Fsp3) is 1.00. The first-order valence-electron chi connectivity index (χ1n) is 12.0. The van der Waals surface area contributed by atoms with Gasteiger partial charge in [0, 0.05) is 11.3 Å². The molecule has 0 spiro atoms. The van der Waals surface area contributed by atoms with Gasteiger partial charge in [0.1, 0.15) is 0 Å². The second-order valence-corrected chi connectivity index (χ2v) is 23.3. The maximum Gasteiger partial charge on any atom is 0.0801 e. The van der Waals surface area contributed by atoms with E-state index in [1.165, 1.54) is 12.8 Å². The Labute approximate surface area is 175 Å². The smallest absolute Gasteiger partial charge is 0.0801 e. The SMILES string of the molecule is CCC(NC(CC)[Si](C(C)C)(C(C)C)C(C)C)[Si](C(C)C)(C(C)C)C(C)C. The molecule has 0 rings (SSSR count). The van der Waals surface area contributed by atoms with Crippen LogP contribution in [0, 0.1) is 0 Å². The lowest BCUT2D eigenvalue weighted by atomic mass is 10.4. The first kappa shape index (κ1) is 27.4. The van der Waals surface area contributed by atoms with E-state index in [0.29, 0.717) is 0 Å². The standard InChI is InChI=1S/C24H55NSi2/c1-15-23(26(17(3)4,18(5)6)19(7)8)25-24(16-2)27(20(9)10,21(11)12)22(13)14/h17-25H,15-16H2,1-14H3. The van der Waals surface area contributed by atoms with Gasteiger partial charge in [-0.25, -0.2) is 0 Å². The van der Waals surface area contributed by atoms with Crippen molar-refractivity contribution in [2.24, 2.45) is 0 Å². The first-order valence-corrected chi connectivity index (χ1v) is 16.7. The minimum Gasteiger partial charge on any atom is -0.316 e. The summed E-state index contributed by atoms with van der Waals surface area (Å²) in [7, 11) is -3.02. The Morgan fingerprint density at radius 2 is 0.630 bits per heavy atom. The van der Waals surface area contributed by atoms with E-state index >= 15 is 0 Å². The van der Waals surface area contributed by atoms with Crippen LogP contribution in [0.5, 0.6) is 0 Å². The monoisotopic (exact) mass is 413 g/mol. The zero-order valence-electron chi connectivity index (χ0n) is 21.5. The Morgan fingerprint density at radius 3 is 0.741 bits per heavy atom. The summed E-state index contributed by atoms with van der Waals surface area (Å²) in [5.74, 6) is 0. The lowest BCUT2D eigenvalue weighted by molar-refractivity contribution is 0.503. The highest BCUT2D eigenvalue weighted by atomic mass is 28.3. The average Bonchev–Trinajstić information content (AvgIpc) is 2.51. The fourth-order valence-electron chi connectivity index (χ4n) is 7.89. The summed E-state index contributed by atoms with van der Waals surface area (Å²) in [6.07, 6.45) is 2.58. The van der Waals surface area contributed by atoms with E-state index in [0.717, 1.165) is 44.6 Å². The van der Waals surface area contributed by atoms with Crippen molar-refractivity contribution in [3.8, 4) is 0 Å². The van der Waals surface area contributed by atoms with Crippen molar-refractivity contribution in [1.82, 2.24) is 5.32 Å². The van der Waals surface area contributed by atoms with E-state index in [1.807, 2.05) is 0 Å². The summed E-state index contributed by atoms with van der Waals surface area (Å²) in [5, 5.41) is 4.45. The molecule has 0 aliphatic carbocycles. The van der Waals surface area contributed by atoms with E-state index in [-0.39, 0.29) is 0 Å². The third-order valence-electron chi connectivity index (χ3n) is 8.43. The Morgan fingerprint density at radius 1 is 0.444 bits per heavy atom. The molecule has 0 radical (unpaired) electrons. The summed E-state index contributed by atoms with van der Waals surface area (Å²) in [6, 6.07) is 0. The summed E-state index contributed by atoms with van der Waals surface area (Å²) < 4.78 is 0. The topological polar surface area (TPSA) is 12.0 Å². The lowest BCUT2D eigenvalue weighted by Crippen LogP contribution is -2.68. The predicted octanol–water partition coefficient (Wildman–Crippen LogP) is 8.57. The molecule has 164 valence electrons. The number of hydrogen-bond donors (Lipinski definition) is 1. The van der Waals surface area contributed by atoms with Crippen LogP contribution in [0.15, 0.2) is 0 Å². The van der Waals surface area contributed by atoms with Gasteiger partial charge in [-0.05, 0) is 46.1 Å². The molecule has 27 heavy (non-hydrogen) atoms. The highest BCUT2D eigenvalue weighted by molar-refractivity contribution is 6.86. The number of nitrogens with one attached hydrogen (secondary N) is 1. The van der Waals surface area contributed by atoms with Gasteiger partial charge in [0.2, 0.25) is 0 Å². The highest BCUT2D eigenvalue weighted by Gasteiger charge is 2.53. The molecule has 0 bridgehead atoms. The molecule has 1 N–H and O–H groups in total. The van der Waals surface area contributed by atoms with Gasteiger partial charge in [-0.1, -0.05) is 96.9 Å². The van der Waals surface area contributed by atoms with Gasteiger partial charge in [0.05, 0.1) is 16.1 Å². The van der Waals surface area contributed by atoms with Crippen LogP contribution in [0.3, 0.4) is 0 Å². The van der Waals surface area contributed by atoms with Crippen molar-refractivity contribution in [3.05, 3.63) is 0 Å². The second-order valence-electron chi connectivity index (χ2n) is 11.0. The highest BCUT2D eigenvalue weighted by Crippen LogP contribution is 2.48. The molecular weight excluding hydrogens is 358 g/mol. The third-order valence-corrected chi connectivity index (χ3v) is 24.0. The van der Waals surface area contributed by atoms with Crippen molar-refractivity contribution in [2.45, 2.75) is 154 Å². The van der Waals surface area contributed by atoms with Gasteiger partial charge >= 0.3 is 0 Å². The second kappa shape index (κ2) is 11.0. The number of hydrogen-bond acceptors (Lipinski definition) is 1. The van der Waals surface area contributed by atoms with Crippen LogP contribution in [0.4, 0.5) is 0 Å². The summed E-state index contributed by atoms with van der Waals surface area (Å²) >= 11 is 0. The molecule has 0 saturated heterocycles. The molecule has 0 aliphatic heterocycles. The van der Waals surface area contributed by atoms with Crippen LogP contribution in [0.2, 0.25) is 33.2 Å². The predicted molar refractivity (Wildman–Crippen MR) is 133 cm³/mol. The Kier molecular flexibility index (Phi) is 11.1. The van der Waals surface area contributed by atoms with Crippen LogP contribution >= 0.6 is 0 Å². The van der Waals surface area contributed by atoms with Crippen LogP contribution < -0.4 is 5.32 Å². The van der Waals surface area contributed by atoms with Crippen molar-refractivity contribution in [2.75, 3.05) is 0 Å². The third kappa shape index (κ3) is 4.94. The maximum absolute atomic E-state index is 4.45. The van der Waals surface area contributed by atoms with Gasteiger partial charge < -0.3 is 5.32 Å². The Balaban J connectivity index is 6.33. The molecule has 0 aromatic carbocycles. The van der Waals surface area contributed by atoms with E-state index in [9.17, 15) is 0 Å². The van der Waals surface area contributed by atoms with E-state index in [2.05, 4.69) is 102 Å². The molecule has 0 aromatic heterocycles. The van der Waals surface area contributed by atoms with Gasteiger partial charge in [0.15, 0.2) is 0 Å². The Bertz CT molecular complexity index is 331. The summed E-state index contributed by atoms with van der Waals surface area (Å²) in [5.41, 5.74) is 6.38. The summed E-state index contributed by atoms with van der Waals surface area (Å²) in [4.78, 5) is 0. The molecule has 3 heteroatoms. The number of rotatable bonds is 12. The Hall–Kier alpha value is 0.394. The van der Waals surface area contributed by atoms with Gasteiger partial charge in [-0.2, -0.15) is 0 Å². The molecule has 0 amide bonds. The van der Waals surface area contributed by atoms with Gasteiger partial charge in [-0.3, -0.25) is 0 Å². The van der Waals surface area contributed by atoms with Gasteiger partial charge in [-0.15, -0.1) is 0 Å². The normalized spacial score (nSPS) is 16.4. The zero-order chi connectivity index (χ0) is 21.7. The van der Waals surface area contributed by atoms with Crippen LogP contribution in [0.25, 0.3) is 0 Å². The molecule has 2 atom stereocenters. The average molecular weight is 414 g/mol. The fourth-order valence-corrected chi connectivity index (χ4v) is 23.3. The molecule has 0 aliphatic rings. The lowest BCUT2D eigenvalue weighted by Gasteiger charge is -2.54. The van der Waals surface area contributed by atoms with Crippen molar-refractivity contribution >= 4 is 16.1 Å². The first-order chi connectivity index (χ1) is 12.3. The largest absolute Gasteiger partial charge is 0.316 e. The minimum absolute atomic E-state index is 0.727. The molecular formula is C24H55NSi2.